The van der Waals surface area contributed by atoms with Crippen LogP contribution in [-0.2, 0) is 17.1 Å². The molecule has 1 aliphatic heterocycles. The Morgan fingerprint density at radius 1 is 1.11 bits per heavy atom. The molecule has 152 valence electrons. The molecule has 0 spiro atoms. The molecule has 0 radical (unpaired) electrons. The summed E-state index contributed by atoms with van der Waals surface area (Å²) in [6.45, 7) is 5.55. The monoisotopic (exact) mass is 405 g/mol. The second-order valence-electron chi connectivity index (χ2n) is 7.10. The first-order valence-corrected chi connectivity index (χ1v) is 11.2. The Morgan fingerprint density at radius 2 is 1.75 bits per heavy atom. The molecule has 0 saturated carbocycles. The Balaban J connectivity index is 2.14. The summed E-state index contributed by atoms with van der Waals surface area (Å²) < 4.78 is 28.7. The van der Waals surface area contributed by atoms with E-state index in [0.29, 0.717) is 31.7 Å². The summed E-state index contributed by atoms with van der Waals surface area (Å²) >= 11 is 0. The lowest BCUT2D eigenvalue weighted by Gasteiger charge is -2.26. The minimum Gasteiger partial charge on any atom is -0.350 e. The highest BCUT2D eigenvalue weighted by molar-refractivity contribution is 7.89. The Bertz CT molecular complexity index is 1050. The van der Waals surface area contributed by atoms with Gasteiger partial charge in [-0.25, -0.2) is 8.42 Å². The van der Waals surface area contributed by atoms with Crippen molar-refractivity contribution in [1.82, 2.24) is 13.8 Å². The van der Waals surface area contributed by atoms with Crippen molar-refractivity contribution in [2.45, 2.75) is 38.0 Å². The molecule has 2 heterocycles. The Morgan fingerprint density at radius 3 is 2.36 bits per heavy atom. The number of sulfonamides is 1. The van der Waals surface area contributed by atoms with Crippen LogP contribution in [-0.4, -0.2) is 54.3 Å². The van der Waals surface area contributed by atoms with Gasteiger partial charge in [0, 0.05) is 44.8 Å². The summed E-state index contributed by atoms with van der Waals surface area (Å²) in [5.41, 5.74) is 0.272. The summed E-state index contributed by atoms with van der Waals surface area (Å²) in [5.74, 6) is -0.279. The van der Waals surface area contributed by atoms with Crippen molar-refractivity contribution in [3.8, 4) is 0 Å². The zero-order chi connectivity index (χ0) is 20.5. The Hall–Kier alpha value is -2.19. The molecule has 8 heteroatoms. The van der Waals surface area contributed by atoms with Gasteiger partial charge in [0.25, 0.3) is 5.91 Å². The first-order valence-electron chi connectivity index (χ1n) is 9.74. The number of likely N-dealkylation sites (tertiary alicyclic amines) is 1. The van der Waals surface area contributed by atoms with E-state index in [1.807, 2.05) is 0 Å². The van der Waals surface area contributed by atoms with E-state index in [2.05, 4.69) is 0 Å². The molecule has 1 aromatic heterocycles. The van der Waals surface area contributed by atoms with Crippen LogP contribution in [0.2, 0.25) is 0 Å². The maximum absolute atomic E-state index is 13.1. The molecule has 0 N–H and O–H groups in total. The molecule has 0 atom stereocenters. The number of rotatable bonds is 5. The third-order valence-corrected chi connectivity index (χ3v) is 7.42. The summed E-state index contributed by atoms with van der Waals surface area (Å²) in [4.78, 5) is 27.8. The largest absolute Gasteiger partial charge is 0.350 e. The van der Waals surface area contributed by atoms with Crippen molar-refractivity contribution >= 4 is 26.8 Å². The van der Waals surface area contributed by atoms with Crippen LogP contribution in [0, 0.1) is 0 Å². The normalized spacial score (nSPS) is 15.4. The molecule has 0 unspecified atom stereocenters. The average molecular weight is 406 g/mol. The molecule has 7 nitrogen and oxygen atoms in total. The van der Waals surface area contributed by atoms with Crippen LogP contribution in [0.25, 0.3) is 10.9 Å². The number of hydrogen-bond acceptors (Lipinski definition) is 4. The van der Waals surface area contributed by atoms with Crippen molar-refractivity contribution in [1.29, 1.82) is 0 Å². The maximum Gasteiger partial charge on any atom is 0.259 e. The lowest BCUT2D eigenvalue weighted by Crippen LogP contribution is -2.38. The molecule has 28 heavy (non-hydrogen) atoms. The van der Waals surface area contributed by atoms with Crippen LogP contribution in [0.4, 0.5) is 0 Å². The maximum atomic E-state index is 13.1. The minimum atomic E-state index is -3.69. The molecule has 1 aliphatic rings. The molecular weight excluding hydrogens is 378 g/mol. The molecule has 0 aliphatic carbocycles. The summed E-state index contributed by atoms with van der Waals surface area (Å²) in [7, 11) is -1.93. The van der Waals surface area contributed by atoms with Crippen molar-refractivity contribution in [3.63, 3.8) is 0 Å². The van der Waals surface area contributed by atoms with Gasteiger partial charge in [0.15, 0.2) is 0 Å². The second kappa shape index (κ2) is 8.05. The van der Waals surface area contributed by atoms with Crippen LogP contribution < -0.4 is 5.43 Å². The Kier molecular flexibility index (Phi) is 5.90. The molecule has 1 saturated heterocycles. The van der Waals surface area contributed by atoms with Gasteiger partial charge in [0.2, 0.25) is 15.5 Å². The number of benzene rings is 1. The predicted octanol–water partition coefficient (Wildman–Crippen LogP) is 2.20. The van der Waals surface area contributed by atoms with Crippen molar-refractivity contribution in [2.24, 2.45) is 7.05 Å². The first kappa shape index (κ1) is 20.5. The van der Waals surface area contributed by atoms with Crippen LogP contribution in [0.5, 0.6) is 0 Å². The van der Waals surface area contributed by atoms with E-state index in [1.54, 1.807) is 42.6 Å². The van der Waals surface area contributed by atoms with E-state index in [4.69, 9.17) is 0 Å². The number of nitrogens with zero attached hydrogens (tertiary/aromatic N) is 3. The highest BCUT2D eigenvalue weighted by Gasteiger charge is 2.25. The zero-order valence-corrected chi connectivity index (χ0v) is 17.5. The molecule has 3 rings (SSSR count). The summed E-state index contributed by atoms with van der Waals surface area (Å²) in [6, 6.07) is 4.54. The van der Waals surface area contributed by atoms with Gasteiger partial charge in [-0.3, -0.25) is 9.59 Å². The molecule has 2 aromatic rings. The minimum absolute atomic E-state index is 0.0726. The van der Waals surface area contributed by atoms with Crippen LogP contribution >= 0.6 is 0 Å². The van der Waals surface area contributed by atoms with Crippen molar-refractivity contribution in [3.05, 3.63) is 40.2 Å². The molecule has 1 amide bonds. The van der Waals surface area contributed by atoms with Gasteiger partial charge in [-0.05, 0) is 37.5 Å². The van der Waals surface area contributed by atoms with Crippen molar-refractivity contribution < 1.29 is 13.2 Å². The van der Waals surface area contributed by atoms with Gasteiger partial charge in [-0.15, -0.1) is 0 Å². The number of piperidine rings is 1. The van der Waals surface area contributed by atoms with E-state index >= 15 is 0 Å². The van der Waals surface area contributed by atoms with E-state index in [-0.39, 0.29) is 21.8 Å². The van der Waals surface area contributed by atoms with Crippen LogP contribution in [0.1, 0.15) is 43.5 Å². The molecular formula is C20H27N3O4S. The van der Waals surface area contributed by atoms with E-state index in [9.17, 15) is 18.0 Å². The number of aromatic nitrogens is 1. The number of amides is 1. The first-order chi connectivity index (χ1) is 13.3. The average Bonchev–Trinajstić information content (AvgIpc) is 2.71. The van der Waals surface area contributed by atoms with E-state index in [0.717, 1.165) is 19.3 Å². The SMILES string of the molecule is CCN(CC)S(=O)(=O)c1ccc2c(c1)c(=O)c(C(=O)N1CCCCC1)cn2C. The zero-order valence-electron chi connectivity index (χ0n) is 16.6. The van der Waals surface area contributed by atoms with E-state index < -0.39 is 15.5 Å². The van der Waals surface area contributed by atoms with Crippen LogP contribution in [0.3, 0.4) is 0 Å². The number of pyridine rings is 1. The van der Waals surface area contributed by atoms with Gasteiger partial charge in [-0.1, -0.05) is 13.8 Å². The Labute approximate surface area is 165 Å². The topological polar surface area (TPSA) is 79.7 Å². The smallest absolute Gasteiger partial charge is 0.259 e. The lowest BCUT2D eigenvalue weighted by molar-refractivity contribution is 0.0722. The summed E-state index contributed by atoms with van der Waals surface area (Å²) in [6.07, 6.45) is 4.52. The third kappa shape index (κ3) is 3.58. The second-order valence-corrected chi connectivity index (χ2v) is 9.04. The standard InChI is InChI=1S/C20H27N3O4S/c1-4-23(5-2)28(26,27)15-9-10-18-16(13-15)19(24)17(14-21(18)3)20(25)22-11-7-6-8-12-22/h9-10,13-14H,4-8,11-12H2,1-3H3. The van der Waals surface area contributed by atoms with Crippen molar-refractivity contribution in [2.75, 3.05) is 26.2 Å². The molecule has 1 fully saturated rings. The highest BCUT2D eigenvalue weighted by atomic mass is 32.2. The molecule has 0 bridgehead atoms. The number of carbonyl (C=O) groups excluding carboxylic acids is 1. The fourth-order valence-electron chi connectivity index (χ4n) is 3.76. The fraction of sp³-hybridized carbons (Fsp3) is 0.500. The van der Waals surface area contributed by atoms with Crippen LogP contribution in [0.15, 0.2) is 34.1 Å². The number of aryl methyl sites for hydroxylation is 1. The lowest BCUT2D eigenvalue weighted by atomic mass is 10.1. The van der Waals surface area contributed by atoms with E-state index in [1.165, 1.54) is 16.4 Å². The van der Waals surface area contributed by atoms with Gasteiger partial charge < -0.3 is 9.47 Å². The predicted molar refractivity (Wildman–Crippen MR) is 109 cm³/mol. The van der Waals surface area contributed by atoms with Gasteiger partial charge in [-0.2, -0.15) is 4.31 Å². The molecule has 1 aromatic carbocycles. The van der Waals surface area contributed by atoms with Gasteiger partial charge in [0.1, 0.15) is 5.56 Å². The quantitative estimate of drug-likeness (QED) is 0.764. The van der Waals surface area contributed by atoms with Gasteiger partial charge in [0.05, 0.1) is 10.4 Å². The third-order valence-electron chi connectivity index (χ3n) is 5.38. The summed E-state index contributed by atoms with van der Waals surface area (Å²) in [5, 5.41) is 0.249. The van der Waals surface area contributed by atoms with Gasteiger partial charge >= 0.3 is 0 Å². The number of carbonyl (C=O) groups is 1. The fourth-order valence-corrected chi connectivity index (χ4v) is 5.25. The number of hydrogen-bond donors (Lipinski definition) is 0. The number of fused-ring (bicyclic) bond motifs is 1. The highest BCUT2D eigenvalue weighted by Crippen LogP contribution is 2.21.